The summed E-state index contributed by atoms with van der Waals surface area (Å²) in [5.41, 5.74) is 1.30. The molecule has 0 radical (unpaired) electrons. The van der Waals surface area contributed by atoms with E-state index in [2.05, 4.69) is 15.4 Å². The van der Waals surface area contributed by atoms with Crippen molar-refractivity contribution in [2.75, 3.05) is 17.2 Å². The highest BCUT2D eigenvalue weighted by molar-refractivity contribution is 5.97. The van der Waals surface area contributed by atoms with Crippen molar-refractivity contribution in [3.8, 4) is 11.8 Å². The van der Waals surface area contributed by atoms with Gasteiger partial charge in [-0.15, -0.1) is 0 Å². The molecule has 2 rings (SSSR count). The fourth-order valence-corrected chi connectivity index (χ4v) is 2.06. The summed E-state index contributed by atoms with van der Waals surface area (Å²) in [4.78, 5) is 12.2. The zero-order valence-electron chi connectivity index (χ0n) is 13.8. The van der Waals surface area contributed by atoms with Gasteiger partial charge >= 0.3 is 6.18 Å². The van der Waals surface area contributed by atoms with Gasteiger partial charge in [0.05, 0.1) is 11.3 Å². The van der Waals surface area contributed by atoms with Crippen LogP contribution in [0.1, 0.15) is 12.5 Å². The highest BCUT2D eigenvalue weighted by Crippen LogP contribution is 2.21. The Morgan fingerprint density at radius 2 is 1.85 bits per heavy atom. The smallest absolute Gasteiger partial charge is 0.422 e. The lowest BCUT2D eigenvalue weighted by atomic mass is 10.2. The molecule has 136 valence electrons. The van der Waals surface area contributed by atoms with Crippen LogP contribution < -0.4 is 15.4 Å². The molecule has 8 heteroatoms. The zero-order valence-corrected chi connectivity index (χ0v) is 13.8. The predicted molar refractivity (Wildman–Crippen MR) is 90.9 cm³/mol. The van der Waals surface area contributed by atoms with E-state index in [1.54, 1.807) is 31.2 Å². The maximum absolute atomic E-state index is 12.2. The number of hydrogen-bond donors (Lipinski definition) is 2. The topological polar surface area (TPSA) is 74.2 Å². The Bertz CT molecular complexity index is 799. The Balaban J connectivity index is 1.93. The Morgan fingerprint density at radius 1 is 1.19 bits per heavy atom. The summed E-state index contributed by atoms with van der Waals surface area (Å²) in [6.45, 7) is 0.259. The van der Waals surface area contributed by atoms with Crippen LogP contribution >= 0.6 is 0 Å². The van der Waals surface area contributed by atoms with Crippen LogP contribution in [0.3, 0.4) is 0 Å². The third kappa shape index (κ3) is 5.70. The number of hydrogen-bond acceptors (Lipinski definition) is 4. The lowest BCUT2D eigenvalue weighted by Crippen LogP contribution is -2.32. The van der Waals surface area contributed by atoms with Crippen LogP contribution in [0.25, 0.3) is 0 Å². The minimum absolute atomic E-state index is 0.0768. The number of ether oxygens (including phenoxy) is 1. The molecule has 2 aromatic rings. The number of carbonyl (C=O) groups is 1. The van der Waals surface area contributed by atoms with Crippen molar-refractivity contribution in [2.24, 2.45) is 0 Å². The second kappa shape index (κ2) is 8.25. The monoisotopic (exact) mass is 363 g/mol. The SMILES string of the molecule is C[C@H](Nc1ccc(OCC(F)(F)F)cc1)C(=O)Nc1ccccc1C#N. The molecule has 0 spiro atoms. The number of nitrogens with one attached hydrogen (secondary N) is 2. The van der Waals surface area contributed by atoms with Crippen LogP contribution in [-0.2, 0) is 4.79 Å². The van der Waals surface area contributed by atoms with E-state index in [9.17, 15) is 18.0 Å². The molecule has 0 aromatic heterocycles. The molecule has 0 unspecified atom stereocenters. The van der Waals surface area contributed by atoms with Gasteiger partial charge in [0.2, 0.25) is 5.91 Å². The number of amides is 1. The molecular weight excluding hydrogens is 347 g/mol. The van der Waals surface area contributed by atoms with Gasteiger partial charge in [0.15, 0.2) is 6.61 Å². The average molecular weight is 363 g/mol. The third-order valence-electron chi connectivity index (χ3n) is 3.34. The van der Waals surface area contributed by atoms with Gasteiger partial charge in [-0.2, -0.15) is 18.4 Å². The minimum Gasteiger partial charge on any atom is -0.484 e. The lowest BCUT2D eigenvalue weighted by Gasteiger charge is -2.16. The van der Waals surface area contributed by atoms with Crippen molar-refractivity contribution >= 4 is 17.3 Å². The van der Waals surface area contributed by atoms with Gasteiger partial charge in [0.1, 0.15) is 17.9 Å². The minimum atomic E-state index is -4.40. The number of para-hydroxylation sites is 1. The van der Waals surface area contributed by atoms with Gasteiger partial charge in [-0.3, -0.25) is 4.79 Å². The Kier molecular flexibility index (Phi) is 6.07. The largest absolute Gasteiger partial charge is 0.484 e. The van der Waals surface area contributed by atoms with Gasteiger partial charge in [0.25, 0.3) is 0 Å². The first kappa shape index (κ1) is 19.1. The lowest BCUT2D eigenvalue weighted by molar-refractivity contribution is -0.153. The number of rotatable bonds is 6. The molecule has 1 amide bonds. The van der Waals surface area contributed by atoms with Crippen LogP contribution in [0.4, 0.5) is 24.5 Å². The van der Waals surface area contributed by atoms with Crippen molar-refractivity contribution < 1.29 is 22.7 Å². The first-order chi connectivity index (χ1) is 12.3. The van der Waals surface area contributed by atoms with E-state index in [0.29, 0.717) is 16.9 Å². The van der Waals surface area contributed by atoms with Gasteiger partial charge in [-0.05, 0) is 43.3 Å². The number of nitrogens with zero attached hydrogens (tertiary/aromatic N) is 1. The molecule has 0 heterocycles. The number of alkyl halides is 3. The Morgan fingerprint density at radius 3 is 2.46 bits per heavy atom. The molecule has 26 heavy (non-hydrogen) atoms. The van der Waals surface area contributed by atoms with E-state index in [1.807, 2.05) is 6.07 Å². The highest BCUT2D eigenvalue weighted by Gasteiger charge is 2.28. The van der Waals surface area contributed by atoms with Crippen molar-refractivity contribution in [1.29, 1.82) is 5.26 Å². The second-order valence-electron chi connectivity index (χ2n) is 5.44. The molecule has 0 aliphatic rings. The van der Waals surface area contributed by atoms with E-state index in [1.165, 1.54) is 24.3 Å². The summed E-state index contributed by atoms with van der Waals surface area (Å²) in [5, 5.41) is 14.6. The molecule has 0 bridgehead atoms. The van der Waals surface area contributed by atoms with Gasteiger partial charge < -0.3 is 15.4 Å². The molecule has 0 aliphatic carbocycles. The van der Waals surface area contributed by atoms with E-state index in [-0.39, 0.29) is 11.7 Å². The first-order valence-corrected chi connectivity index (χ1v) is 7.64. The summed E-state index contributed by atoms with van der Waals surface area (Å²) in [6, 6.07) is 13.7. The van der Waals surface area contributed by atoms with Crippen LogP contribution in [0.2, 0.25) is 0 Å². The Hall–Kier alpha value is -3.21. The molecular formula is C18H16F3N3O2. The summed E-state index contributed by atoms with van der Waals surface area (Å²) in [7, 11) is 0. The van der Waals surface area contributed by atoms with E-state index in [4.69, 9.17) is 5.26 Å². The van der Waals surface area contributed by atoms with Crippen molar-refractivity contribution in [2.45, 2.75) is 19.1 Å². The molecule has 5 nitrogen and oxygen atoms in total. The summed E-state index contributed by atoms with van der Waals surface area (Å²) < 4.78 is 41.0. The molecule has 0 aliphatic heterocycles. The number of halogens is 3. The molecule has 1 atom stereocenters. The normalized spacial score (nSPS) is 12.0. The summed E-state index contributed by atoms with van der Waals surface area (Å²) in [6.07, 6.45) is -4.40. The average Bonchev–Trinajstić information content (AvgIpc) is 2.61. The quantitative estimate of drug-likeness (QED) is 0.815. The first-order valence-electron chi connectivity index (χ1n) is 7.64. The van der Waals surface area contributed by atoms with E-state index < -0.39 is 18.8 Å². The third-order valence-corrected chi connectivity index (χ3v) is 3.34. The number of benzene rings is 2. The molecule has 0 saturated heterocycles. The van der Waals surface area contributed by atoms with Crippen molar-refractivity contribution in [3.63, 3.8) is 0 Å². The standard InChI is InChI=1S/C18H16F3N3O2/c1-12(17(25)24-16-5-3-2-4-13(16)10-22)23-14-6-8-15(9-7-14)26-11-18(19,20)21/h2-9,12,23H,11H2,1H3,(H,24,25)/t12-/m0/s1. The molecule has 2 aromatic carbocycles. The summed E-state index contributed by atoms with van der Waals surface area (Å²) in [5.74, 6) is -0.280. The van der Waals surface area contributed by atoms with Gasteiger partial charge in [-0.1, -0.05) is 12.1 Å². The summed E-state index contributed by atoms with van der Waals surface area (Å²) >= 11 is 0. The maximum Gasteiger partial charge on any atom is 0.422 e. The van der Waals surface area contributed by atoms with Crippen molar-refractivity contribution in [3.05, 3.63) is 54.1 Å². The van der Waals surface area contributed by atoms with Crippen LogP contribution in [0.5, 0.6) is 5.75 Å². The molecule has 0 saturated carbocycles. The fourth-order valence-electron chi connectivity index (χ4n) is 2.06. The second-order valence-corrected chi connectivity index (χ2v) is 5.44. The van der Waals surface area contributed by atoms with Crippen LogP contribution in [-0.4, -0.2) is 24.7 Å². The van der Waals surface area contributed by atoms with E-state index >= 15 is 0 Å². The zero-order chi connectivity index (χ0) is 19.2. The molecule has 2 N–H and O–H groups in total. The highest BCUT2D eigenvalue weighted by atomic mass is 19.4. The van der Waals surface area contributed by atoms with E-state index in [0.717, 1.165) is 0 Å². The predicted octanol–water partition coefficient (Wildman–Crippen LogP) is 3.94. The number of anilines is 2. The fraction of sp³-hybridized carbons (Fsp3) is 0.222. The van der Waals surface area contributed by atoms with Crippen molar-refractivity contribution in [1.82, 2.24) is 0 Å². The molecule has 0 fully saturated rings. The Labute approximate surface area is 148 Å². The number of carbonyl (C=O) groups excluding carboxylic acids is 1. The van der Waals surface area contributed by atoms with Crippen LogP contribution in [0.15, 0.2) is 48.5 Å². The number of nitriles is 1. The van der Waals surface area contributed by atoms with Crippen LogP contribution in [0, 0.1) is 11.3 Å². The van der Waals surface area contributed by atoms with Gasteiger partial charge in [0, 0.05) is 5.69 Å². The maximum atomic E-state index is 12.2. The van der Waals surface area contributed by atoms with Gasteiger partial charge in [-0.25, -0.2) is 0 Å².